The number of likely N-dealkylation sites (tertiary alicyclic amines) is 1. The van der Waals surface area contributed by atoms with Crippen LogP contribution < -0.4 is 5.73 Å². The van der Waals surface area contributed by atoms with Crippen LogP contribution in [0.1, 0.15) is 43.6 Å². The first-order valence-electron chi connectivity index (χ1n) is 7.30. The van der Waals surface area contributed by atoms with Gasteiger partial charge in [0.2, 0.25) is 0 Å². The summed E-state index contributed by atoms with van der Waals surface area (Å²) in [6.45, 7) is 6.80. The van der Waals surface area contributed by atoms with Gasteiger partial charge in [-0.3, -0.25) is 0 Å². The van der Waals surface area contributed by atoms with Crippen LogP contribution in [0, 0.1) is 0 Å². The zero-order chi connectivity index (χ0) is 12.5. The predicted molar refractivity (Wildman–Crippen MR) is 72.6 cm³/mol. The molecule has 3 rings (SSSR count). The third-order valence-corrected chi connectivity index (χ3v) is 4.42. The summed E-state index contributed by atoms with van der Waals surface area (Å²) in [5.41, 5.74) is 7.33. The van der Waals surface area contributed by atoms with Crippen molar-refractivity contribution in [1.82, 2.24) is 14.5 Å². The van der Waals surface area contributed by atoms with Crippen LogP contribution in [-0.2, 0) is 13.0 Å². The van der Waals surface area contributed by atoms with E-state index in [1.165, 1.54) is 37.4 Å². The standard InChI is InChI=1S/C14H24N4/c1-2-17-7-3-4-11(8-17)13-10-18-9-12(15)5-6-14(18)16-13/h10-12H,2-9,15H2,1H3. The summed E-state index contributed by atoms with van der Waals surface area (Å²) in [6.07, 6.45) is 6.99. The molecule has 4 nitrogen and oxygen atoms in total. The normalized spacial score (nSPS) is 29.2. The second kappa shape index (κ2) is 5.02. The number of piperidine rings is 1. The molecule has 18 heavy (non-hydrogen) atoms. The number of aryl methyl sites for hydroxylation is 1. The van der Waals surface area contributed by atoms with E-state index in [0.29, 0.717) is 12.0 Å². The molecule has 2 N–H and O–H groups in total. The molecule has 2 aliphatic rings. The van der Waals surface area contributed by atoms with E-state index < -0.39 is 0 Å². The first-order chi connectivity index (χ1) is 8.76. The Hall–Kier alpha value is -0.870. The van der Waals surface area contributed by atoms with Gasteiger partial charge in [0.05, 0.1) is 5.69 Å². The first kappa shape index (κ1) is 12.2. The molecule has 0 saturated carbocycles. The molecule has 2 atom stereocenters. The van der Waals surface area contributed by atoms with Gasteiger partial charge in [0.25, 0.3) is 0 Å². The third kappa shape index (κ3) is 2.31. The average Bonchev–Trinajstić information content (AvgIpc) is 2.81. The van der Waals surface area contributed by atoms with E-state index in [-0.39, 0.29) is 0 Å². The Morgan fingerprint density at radius 1 is 1.39 bits per heavy atom. The molecule has 1 fully saturated rings. The highest BCUT2D eigenvalue weighted by Gasteiger charge is 2.25. The van der Waals surface area contributed by atoms with Crippen molar-refractivity contribution < 1.29 is 0 Å². The smallest absolute Gasteiger partial charge is 0.109 e. The van der Waals surface area contributed by atoms with Crippen LogP contribution in [0.4, 0.5) is 0 Å². The van der Waals surface area contributed by atoms with Gasteiger partial charge in [-0.25, -0.2) is 4.98 Å². The molecule has 1 aromatic rings. The van der Waals surface area contributed by atoms with Gasteiger partial charge < -0.3 is 15.2 Å². The summed E-state index contributed by atoms with van der Waals surface area (Å²) in [5.74, 6) is 1.88. The molecule has 2 unspecified atom stereocenters. The zero-order valence-corrected chi connectivity index (χ0v) is 11.3. The lowest BCUT2D eigenvalue weighted by Crippen LogP contribution is -2.34. The number of hydrogen-bond donors (Lipinski definition) is 1. The van der Waals surface area contributed by atoms with Crippen molar-refractivity contribution in [2.75, 3.05) is 19.6 Å². The number of likely N-dealkylation sites (N-methyl/N-ethyl adjacent to an activating group) is 1. The lowest BCUT2D eigenvalue weighted by Gasteiger charge is -2.30. The third-order valence-electron chi connectivity index (χ3n) is 4.42. The Morgan fingerprint density at radius 2 is 2.28 bits per heavy atom. The zero-order valence-electron chi connectivity index (χ0n) is 11.3. The van der Waals surface area contributed by atoms with Crippen LogP contribution in [0.25, 0.3) is 0 Å². The number of imidazole rings is 1. The lowest BCUT2D eigenvalue weighted by atomic mass is 9.95. The summed E-state index contributed by atoms with van der Waals surface area (Å²) < 4.78 is 2.29. The molecule has 0 radical (unpaired) electrons. The van der Waals surface area contributed by atoms with Crippen molar-refractivity contribution in [3.05, 3.63) is 17.7 Å². The lowest BCUT2D eigenvalue weighted by molar-refractivity contribution is 0.216. The van der Waals surface area contributed by atoms with Gasteiger partial charge in [0.15, 0.2) is 0 Å². The fourth-order valence-electron chi connectivity index (χ4n) is 3.27. The number of hydrogen-bond acceptors (Lipinski definition) is 3. The van der Waals surface area contributed by atoms with Crippen molar-refractivity contribution >= 4 is 0 Å². The monoisotopic (exact) mass is 248 g/mol. The Kier molecular flexibility index (Phi) is 3.39. The number of aromatic nitrogens is 2. The topological polar surface area (TPSA) is 47.1 Å². The van der Waals surface area contributed by atoms with Gasteiger partial charge in [-0.05, 0) is 32.4 Å². The highest BCUT2D eigenvalue weighted by Crippen LogP contribution is 2.27. The molecule has 1 saturated heterocycles. The van der Waals surface area contributed by atoms with Gasteiger partial charge >= 0.3 is 0 Å². The van der Waals surface area contributed by atoms with E-state index in [9.17, 15) is 0 Å². The highest BCUT2D eigenvalue weighted by molar-refractivity contribution is 5.13. The molecule has 0 aromatic carbocycles. The molecule has 3 heterocycles. The summed E-state index contributed by atoms with van der Waals surface area (Å²) in [6, 6.07) is 0.318. The Balaban J connectivity index is 1.76. The summed E-state index contributed by atoms with van der Waals surface area (Å²) in [5, 5.41) is 0. The summed E-state index contributed by atoms with van der Waals surface area (Å²) in [4.78, 5) is 7.40. The fourth-order valence-corrected chi connectivity index (χ4v) is 3.27. The SMILES string of the molecule is CCN1CCCC(c2cn3c(n2)CCC(N)C3)C1. The van der Waals surface area contributed by atoms with Crippen LogP contribution in [0.15, 0.2) is 6.20 Å². The molecule has 0 amide bonds. The number of rotatable bonds is 2. The minimum absolute atomic E-state index is 0.318. The molecule has 4 heteroatoms. The molecule has 0 spiro atoms. The van der Waals surface area contributed by atoms with Crippen molar-refractivity contribution in [3.8, 4) is 0 Å². The van der Waals surface area contributed by atoms with Crippen molar-refractivity contribution in [1.29, 1.82) is 0 Å². The summed E-state index contributed by atoms with van der Waals surface area (Å²) in [7, 11) is 0. The molecule has 100 valence electrons. The summed E-state index contributed by atoms with van der Waals surface area (Å²) >= 11 is 0. The molecule has 0 bridgehead atoms. The van der Waals surface area contributed by atoms with Crippen LogP contribution in [-0.4, -0.2) is 40.1 Å². The Labute approximate surface area is 109 Å². The number of fused-ring (bicyclic) bond motifs is 1. The van der Waals surface area contributed by atoms with Crippen LogP contribution in [0.2, 0.25) is 0 Å². The maximum Gasteiger partial charge on any atom is 0.109 e. The number of nitrogens with two attached hydrogens (primary N) is 1. The van der Waals surface area contributed by atoms with Crippen LogP contribution >= 0.6 is 0 Å². The second-order valence-electron chi connectivity index (χ2n) is 5.77. The molecule has 2 aliphatic heterocycles. The average molecular weight is 248 g/mol. The quantitative estimate of drug-likeness (QED) is 0.859. The van der Waals surface area contributed by atoms with Crippen molar-refractivity contribution in [3.63, 3.8) is 0 Å². The molecule has 0 aliphatic carbocycles. The predicted octanol–water partition coefficient (Wildman–Crippen LogP) is 1.36. The van der Waals surface area contributed by atoms with Gasteiger partial charge in [-0.15, -0.1) is 0 Å². The van der Waals surface area contributed by atoms with Gasteiger partial charge in [0, 0.05) is 37.7 Å². The van der Waals surface area contributed by atoms with E-state index in [1.807, 2.05) is 0 Å². The van der Waals surface area contributed by atoms with Crippen LogP contribution in [0.5, 0.6) is 0 Å². The van der Waals surface area contributed by atoms with Crippen molar-refractivity contribution in [2.24, 2.45) is 5.73 Å². The van der Waals surface area contributed by atoms with E-state index in [2.05, 4.69) is 22.6 Å². The van der Waals surface area contributed by atoms with Gasteiger partial charge in [-0.1, -0.05) is 6.92 Å². The first-order valence-corrected chi connectivity index (χ1v) is 7.30. The highest BCUT2D eigenvalue weighted by atomic mass is 15.1. The van der Waals surface area contributed by atoms with E-state index in [1.54, 1.807) is 0 Å². The van der Waals surface area contributed by atoms with E-state index in [0.717, 1.165) is 25.9 Å². The maximum atomic E-state index is 6.02. The number of nitrogens with zero attached hydrogens (tertiary/aromatic N) is 3. The minimum Gasteiger partial charge on any atom is -0.333 e. The van der Waals surface area contributed by atoms with E-state index >= 15 is 0 Å². The Morgan fingerprint density at radius 3 is 3.11 bits per heavy atom. The van der Waals surface area contributed by atoms with Gasteiger partial charge in [0.1, 0.15) is 5.82 Å². The molecular weight excluding hydrogens is 224 g/mol. The maximum absolute atomic E-state index is 6.02. The van der Waals surface area contributed by atoms with Gasteiger partial charge in [-0.2, -0.15) is 0 Å². The van der Waals surface area contributed by atoms with E-state index in [4.69, 9.17) is 10.7 Å². The fraction of sp³-hybridized carbons (Fsp3) is 0.786. The second-order valence-corrected chi connectivity index (χ2v) is 5.77. The Bertz CT molecular complexity index is 412. The molecule has 1 aromatic heterocycles. The van der Waals surface area contributed by atoms with Crippen LogP contribution in [0.3, 0.4) is 0 Å². The largest absolute Gasteiger partial charge is 0.333 e. The molecular formula is C14H24N4. The minimum atomic E-state index is 0.318. The van der Waals surface area contributed by atoms with Crippen molar-refractivity contribution in [2.45, 2.75) is 51.1 Å².